The minimum atomic E-state index is -0.518. The Balaban J connectivity index is 2.22. The molecule has 0 spiro atoms. The lowest BCUT2D eigenvalue weighted by Crippen LogP contribution is -2.21. The summed E-state index contributed by atoms with van der Waals surface area (Å²) in [7, 11) is 0. The van der Waals surface area contributed by atoms with Crippen LogP contribution in [0.5, 0.6) is 0 Å². The van der Waals surface area contributed by atoms with Gasteiger partial charge in [0, 0.05) is 5.92 Å². The highest BCUT2D eigenvalue weighted by molar-refractivity contribution is 7.80. The van der Waals surface area contributed by atoms with Crippen LogP contribution in [0.2, 0.25) is 0 Å². The Morgan fingerprint density at radius 1 is 1.56 bits per heavy atom. The van der Waals surface area contributed by atoms with Crippen LogP contribution in [0.25, 0.3) is 0 Å². The fraction of sp³-hybridized carbons (Fsp3) is 0.385. The highest BCUT2D eigenvalue weighted by atomic mass is 32.1. The number of amides is 1. The molecule has 5 heteroatoms. The SMILES string of the molecule is CC1(C)CC1C(=O)Nc1cccc(F)c1C(N)=S. The van der Waals surface area contributed by atoms with E-state index in [1.807, 2.05) is 13.8 Å². The molecule has 0 saturated heterocycles. The smallest absolute Gasteiger partial charge is 0.228 e. The summed E-state index contributed by atoms with van der Waals surface area (Å²) in [5, 5.41) is 2.70. The molecule has 1 saturated carbocycles. The molecule has 2 rings (SSSR count). The molecule has 1 amide bonds. The maximum atomic E-state index is 13.6. The lowest BCUT2D eigenvalue weighted by Gasteiger charge is -2.11. The van der Waals surface area contributed by atoms with Crippen LogP contribution < -0.4 is 11.1 Å². The van der Waals surface area contributed by atoms with Crippen molar-refractivity contribution < 1.29 is 9.18 Å². The van der Waals surface area contributed by atoms with Gasteiger partial charge < -0.3 is 11.1 Å². The van der Waals surface area contributed by atoms with Crippen molar-refractivity contribution in [2.24, 2.45) is 17.1 Å². The summed E-state index contributed by atoms with van der Waals surface area (Å²) in [4.78, 5) is 11.9. The predicted molar refractivity (Wildman–Crippen MR) is 72.8 cm³/mol. The largest absolute Gasteiger partial charge is 0.389 e. The minimum absolute atomic E-state index is 0.0278. The van der Waals surface area contributed by atoms with Gasteiger partial charge >= 0.3 is 0 Å². The van der Waals surface area contributed by atoms with Crippen molar-refractivity contribution in [3.63, 3.8) is 0 Å². The first-order valence-electron chi connectivity index (χ1n) is 5.72. The van der Waals surface area contributed by atoms with E-state index >= 15 is 0 Å². The van der Waals surface area contributed by atoms with Gasteiger partial charge in [0.2, 0.25) is 5.91 Å². The predicted octanol–water partition coefficient (Wildman–Crippen LogP) is 2.44. The number of anilines is 1. The van der Waals surface area contributed by atoms with Gasteiger partial charge in [0.15, 0.2) is 0 Å². The van der Waals surface area contributed by atoms with Crippen LogP contribution in [0.1, 0.15) is 25.8 Å². The van der Waals surface area contributed by atoms with E-state index in [0.717, 1.165) is 6.42 Å². The third-order valence-electron chi connectivity index (χ3n) is 3.35. The van der Waals surface area contributed by atoms with E-state index in [2.05, 4.69) is 5.32 Å². The van der Waals surface area contributed by atoms with E-state index < -0.39 is 5.82 Å². The molecule has 3 N–H and O–H groups in total. The summed E-state index contributed by atoms with van der Waals surface area (Å²) in [5.41, 5.74) is 5.94. The van der Waals surface area contributed by atoms with Gasteiger partial charge in [0.1, 0.15) is 10.8 Å². The molecule has 0 aliphatic heterocycles. The summed E-state index contributed by atoms with van der Waals surface area (Å²) >= 11 is 4.80. The number of benzene rings is 1. The standard InChI is InChI=1S/C13H15FN2OS/c1-13(2)6-7(13)12(17)16-9-5-3-4-8(14)10(9)11(15)18/h3-5,7H,6H2,1-2H3,(H2,15,18)(H,16,17). The summed E-state index contributed by atoms with van der Waals surface area (Å²) < 4.78 is 13.6. The molecular weight excluding hydrogens is 251 g/mol. The van der Waals surface area contributed by atoms with Crippen LogP contribution in [0, 0.1) is 17.2 Å². The van der Waals surface area contributed by atoms with Crippen molar-refractivity contribution in [2.75, 3.05) is 5.32 Å². The monoisotopic (exact) mass is 266 g/mol. The number of halogens is 1. The fourth-order valence-electron chi connectivity index (χ4n) is 2.01. The Labute approximate surface area is 111 Å². The molecule has 0 aromatic heterocycles. The number of hydrogen-bond acceptors (Lipinski definition) is 2. The Morgan fingerprint density at radius 2 is 2.17 bits per heavy atom. The molecular formula is C13H15FN2OS. The zero-order valence-electron chi connectivity index (χ0n) is 10.3. The molecule has 0 heterocycles. The van der Waals surface area contributed by atoms with Crippen molar-refractivity contribution in [3.8, 4) is 0 Å². The van der Waals surface area contributed by atoms with Crippen molar-refractivity contribution in [3.05, 3.63) is 29.6 Å². The highest BCUT2D eigenvalue weighted by Gasteiger charge is 2.50. The van der Waals surface area contributed by atoms with Gasteiger partial charge in [-0.2, -0.15) is 0 Å². The quantitative estimate of drug-likeness (QED) is 0.826. The maximum absolute atomic E-state index is 13.6. The Bertz CT molecular complexity index is 528. The zero-order chi connectivity index (χ0) is 13.5. The maximum Gasteiger partial charge on any atom is 0.228 e. The fourth-order valence-corrected chi connectivity index (χ4v) is 2.22. The Hall–Kier alpha value is -1.49. The number of nitrogens with two attached hydrogens (primary N) is 1. The first-order chi connectivity index (χ1) is 8.33. The molecule has 18 heavy (non-hydrogen) atoms. The molecule has 1 atom stereocenters. The number of thiocarbonyl (C=S) groups is 1. The molecule has 1 aromatic rings. The van der Waals surface area contributed by atoms with E-state index in [9.17, 15) is 9.18 Å². The molecule has 1 unspecified atom stereocenters. The Kier molecular flexibility index (Phi) is 3.11. The summed E-state index contributed by atoms with van der Waals surface area (Å²) in [6.07, 6.45) is 0.844. The third kappa shape index (κ3) is 2.36. The van der Waals surface area contributed by atoms with Gasteiger partial charge in [-0.3, -0.25) is 4.79 Å². The normalized spacial score (nSPS) is 20.3. The molecule has 1 aromatic carbocycles. The number of hydrogen-bond donors (Lipinski definition) is 2. The van der Waals surface area contributed by atoms with Crippen molar-refractivity contribution >= 4 is 28.8 Å². The minimum Gasteiger partial charge on any atom is -0.389 e. The number of nitrogens with one attached hydrogen (secondary N) is 1. The van der Waals surface area contributed by atoms with E-state index in [4.69, 9.17) is 18.0 Å². The van der Waals surface area contributed by atoms with Crippen LogP contribution in [0.15, 0.2) is 18.2 Å². The van der Waals surface area contributed by atoms with Gasteiger partial charge in [-0.05, 0) is 24.0 Å². The molecule has 0 radical (unpaired) electrons. The van der Waals surface area contributed by atoms with Crippen LogP contribution in [-0.4, -0.2) is 10.9 Å². The number of rotatable bonds is 3. The lowest BCUT2D eigenvalue weighted by atomic mass is 10.1. The second-order valence-corrected chi connectivity index (χ2v) is 5.70. The molecule has 3 nitrogen and oxygen atoms in total. The van der Waals surface area contributed by atoms with Gasteiger partial charge in [0.05, 0.1) is 11.3 Å². The average molecular weight is 266 g/mol. The summed E-state index contributed by atoms with van der Waals surface area (Å²) in [6, 6.07) is 4.39. The number of carbonyl (C=O) groups is 1. The first kappa shape index (κ1) is 13.0. The molecule has 0 bridgehead atoms. The van der Waals surface area contributed by atoms with E-state index in [0.29, 0.717) is 5.69 Å². The van der Waals surface area contributed by atoms with Crippen molar-refractivity contribution in [2.45, 2.75) is 20.3 Å². The average Bonchev–Trinajstić information content (AvgIpc) is 2.87. The van der Waals surface area contributed by atoms with Crippen molar-refractivity contribution in [1.29, 1.82) is 0 Å². The van der Waals surface area contributed by atoms with E-state index in [1.165, 1.54) is 12.1 Å². The molecule has 1 aliphatic carbocycles. The lowest BCUT2D eigenvalue weighted by molar-refractivity contribution is -0.118. The topological polar surface area (TPSA) is 55.1 Å². The molecule has 1 aliphatic rings. The molecule has 1 fully saturated rings. The third-order valence-corrected chi connectivity index (χ3v) is 3.55. The summed E-state index contributed by atoms with van der Waals surface area (Å²) in [6.45, 7) is 4.05. The van der Waals surface area contributed by atoms with E-state index in [1.54, 1.807) is 6.07 Å². The van der Waals surface area contributed by atoms with Crippen molar-refractivity contribution in [1.82, 2.24) is 0 Å². The van der Waals surface area contributed by atoms with Gasteiger partial charge in [-0.1, -0.05) is 32.1 Å². The Morgan fingerprint density at radius 3 is 2.67 bits per heavy atom. The second kappa shape index (κ2) is 4.31. The van der Waals surface area contributed by atoms with Crippen LogP contribution in [-0.2, 0) is 4.79 Å². The second-order valence-electron chi connectivity index (χ2n) is 5.26. The first-order valence-corrected chi connectivity index (χ1v) is 6.13. The van der Waals surface area contributed by atoms with E-state index in [-0.39, 0.29) is 27.8 Å². The highest BCUT2D eigenvalue weighted by Crippen LogP contribution is 2.52. The van der Waals surface area contributed by atoms with Crippen LogP contribution >= 0.6 is 12.2 Å². The molecule has 96 valence electrons. The van der Waals surface area contributed by atoms with Crippen LogP contribution in [0.3, 0.4) is 0 Å². The number of carbonyl (C=O) groups excluding carboxylic acids is 1. The van der Waals surface area contributed by atoms with Gasteiger partial charge in [0.25, 0.3) is 0 Å². The summed E-state index contributed by atoms with van der Waals surface area (Å²) in [5.74, 6) is -0.654. The van der Waals surface area contributed by atoms with Gasteiger partial charge in [-0.25, -0.2) is 4.39 Å². The van der Waals surface area contributed by atoms with Crippen LogP contribution in [0.4, 0.5) is 10.1 Å². The van der Waals surface area contributed by atoms with Gasteiger partial charge in [-0.15, -0.1) is 0 Å². The zero-order valence-corrected chi connectivity index (χ0v) is 11.1.